The summed E-state index contributed by atoms with van der Waals surface area (Å²) < 4.78 is 5.37. The number of benzene rings is 3. The Balaban J connectivity index is 1.52. The van der Waals surface area contributed by atoms with Crippen molar-refractivity contribution in [3.8, 4) is 0 Å². The number of nitrogens with zero attached hydrogens (tertiary/aromatic N) is 2. The number of amides is 1. The number of carbonyl (C=O) groups excluding carboxylic acids is 2. The van der Waals surface area contributed by atoms with Crippen molar-refractivity contribution < 1.29 is 14.3 Å². The van der Waals surface area contributed by atoms with Crippen molar-refractivity contribution in [2.45, 2.75) is 13.0 Å². The summed E-state index contributed by atoms with van der Waals surface area (Å²) in [7, 11) is 0. The maximum atomic E-state index is 12.6. The maximum Gasteiger partial charge on any atom is 0.341 e. The normalized spacial score (nSPS) is 11.9. The van der Waals surface area contributed by atoms with Crippen LogP contribution in [-0.4, -0.2) is 27.9 Å². The molecule has 1 N–H and O–H groups in total. The average molecular weight is 371 g/mol. The van der Waals surface area contributed by atoms with Crippen molar-refractivity contribution in [3.63, 3.8) is 0 Å². The fraction of sp³-hybridized carbons (Fsp3) is 0.0909. The number of para-hydroxylation sites is 1. The van der Waals surface area contributed by atoms with Crippen LogP contribution in [0, 0.1) is 0 Å². The van der Waals surface area contributed by atoms with Gasteiger partial charge >= 0.3 is 5.97 Å². The lowest BCUT2D eigenvalue weighted by molar-refractivity contribution is -0.123. The molecule has 4 aromatic rings. The van der Waals surface area contributed by atoms with E-state index in [4.69, 9.17) is 4.74 Å². The Morgan fingerprint density at radius 2 is 1.68 bits per heavy atom. The molecule has 1 atom stereocenters. The number of nitrogens with one attached hydrogen (secondary N) is 1. The van der Waals surface area contributed by atoms with Gasteiger partial charge in [0.15, 0.2) is 6.10 Å². The Hall–Kier alpha value is -3.80. The van der Waals surface area contributed by atoms with Crippen molar-refractivity contribution in [1.82, 2.24) is 9.97 Å². The van der Waals surface area contributed by atoms with E-state index in [0.717, 1.165) is 10.8 Å². The summed E-state index contributed by atoms with van der Waals surface area (Å²) in [5.74, 6) is -1.03. The predicted octanol–water partition coefficient (Wildman–Crippen LogP) is 3.97. The second kappa shape index (κ2) is 7.44. The largest absolute Gasteiger partial charge is 0.449 e. The SMILES string of the molecule is CC(OC(=O)c1cccc2nccnc12)C(=O)Nc1cccc2ccccc12. The molecule has 0 aliphatic carbocycles. The smallest absolute Gasteiger partial charge is 0.341 e. The summed E-state index contributed by atoms with van der Waals surface area (Å²) in [6.45, 7) is 1.54. The molecule has 6 nitrogen and oxygen atoms in total. The van der Waals surface area contributed by atoms with E-state index in [1.165, 1.54) is 13.1 Å². The molecule has 0 aliphatic heterocycles. The molecule has 1 amide bonds. The van der Waals surface area contributed by atoms with Gasteiger partial charge in [0.25, 0.3) is 5.91 Å². The van der Waals surface area contributed by atoms with Crippen LogP contribution in [0.2, 0.25) is 0 Å². The highest BCUT2D eigenvalue weighted by molar-refractivity contribution is 6.06. The molecule has 3 aromatic carbocycles. The van der Waals surface area contributed by atoms with Gasteiger partial charge < -0.3 is 10.1 Å². The van der Waals surface area contributed by atoms with Crippen molar-refractivity contribution in [3.05, 3.63) is 78.6 Å². The Bertz CT molecular complexity index is 1180. The van der Waals surface area contributed by atoms with Gasteiger partial charge in [0, 0.05) is 23.5 Å². The monoisotopic (exact) mass is 371 g/mol. The maximum absolute atomic E-state index is 12.6. The molecule has 0 aliphatic rings. The highest BCUT2D eigenvalue weighted by Crippen LogP contribution is 2.23. The minimum atomic E-state index is -0.974. The molecule has 0 saturated carbocycles. The van der Waals surface area contributed by atoms with Crippen molar-refractivity contribution in [2.75, 3.05) is 5.32 Å². The first-order valence-corrected chi connectivity index (χ1v) is 8.83. The summed E-state index contributed by atoms with van der Waals surface area (Å²) in [4.78, 5) is 33.5. The summed E-state index contributed by atoms with van der Waals surface area (Å²) in [5, 5.41) is 4.77. The molecule has 28 heavy (non-hydrogen) atoms. The highest BCUT2D eigenvalue weighted by Gasteiger charge is 2.21. The van der Waals surface area contributed by atoms with Crippen LogP contribution < -0.4 is 5.32 Å². The van der Waals surface area contributed by atoms with E-state index < -0.39 is 18.0 Å². The fourth-order valence-corrected chi connectivity index (χ4v) is 3.00. The van der Waals surface area contributed by atoms with Gasteiger partial charge in [0.2, 0.25) is 0 Å². The minimum Gasteiger partial charge on any atom is -0.449 e. The van der Waals surface area contributed by atoms with Gasteiger partial charge in [-0.1, -0.05) is 42.5 Å². The molecule has 1 heterocycles. The molecule has 0 saturated heterocycles. The summed E-state index contributed by atoms with van der Waals surface area (Å²) in [5.41, 5.74) is 1.97. The number of hydrogen-bond acceptors (Lipinski definition) is 5. The van der Waals surface area contributed by atoms with E-state index in [2.05, 4.69) is 15.3 Å². The number of rotatable bonds is 4. The third kappa shape index (κ3) is 3.40. The third-order valence-corrected chi connectivity index (χ3v) is 4.42. The molecule has 0 fully saturated rings. The topological polar surface area (TPSA) is 81.2 Å². The molecule has 4 rings (SSSR count). The zero-order valence-electron chi connectivity index (χ0n) is 15.1. The second-order valence-electron chi connectivity index (χ2n) is 6.29. The molecule has 138 valence electrons. The molecule has 6 heteroatoms. The minimum absolute atomic E-state index is 0.274. The molecule has 1 aromatic heterocycles. The number of ether oxygens (including phenoxy) is 1. The van der Waals surface area contributed by atoms with E-state index in [0.29, 0.717) is 16.7 Å². The van der Waals surface area contributed by atoms with Crippen LogP contribution in [-0.2, 0) is 9.53 Å². The van der Waals surface area contributed by atoms with Crippen LogP contribution in [0.1, 0.15) is 17.3 Å². The van der Waals surface area contributed by atoms with E-state index in [1.54, 1.807) is 24.4 Å². The number of anilines is 1. The number of carbonyl (C=O) groups is 2. The van der Waals surface area contributed by atoms with Crippen LogP contribution >= 0.6 is 0 Å². The highest BCUT2D eigenvalue weighted by atomic mass is 16.5. The predicted molar refractivity (Wildman–Crippen MR) is 107 cm³/mol. The summed E-state index contributed by atoms with van der Waals surface area (Å²) in [6.07, 6.45) is 2.09. The first kappa shape index (κ1) is 17.6. The van der Waals surface area contributed by atoms with Gasteiger partial charge in [-0.15, -0.1) is 0 Å². The number of esters is 1. The molecule has 0 radical (unpaired) electrons. The van der Waals surface area contributed by atoms with Gasteiger partial charge in [-0.25, -0.2) is 4.79 Å². The van der Waals surface area contributed by atoms with Crippen LogP contribution in [0.25, 0.3) is 21.8 Å². The van der Waals surface area contributed by atoms with Crippen LogP contribution in [0.15, 0.2) is 73.1 Å². The van der Waals surface area contributed by atoms with Gasteiger partial charge in [0.1, 0.15) is 5.52 Å². The Labute approximate surface area is 161 Å². The second-order valence-corrected chi connectivity index (χ2v) is 6.29. The molecular formula is C22H17N3O3. The van der Waals surface area contributed by atoms with Crippen LogP contribution in [0.3, 0.4) is 0 Å². The first-order valence-electron chi connectivity index (χ1n) is 8.83. The number of aromatic nitrogens is 2. The van der Waals surface area contributed by atoms with Crippen LogP contribution in [0.4, 0.5) is 5.69 Å². The number of hydrogen-bond donors (Lipinski definition) is 1. The van der Waals surface area contributed by atoms with E-state index in [1.807, 2.05) is 42.5 Å². The van der Waals surface area contributed by atoms with Crippen molar-refractivity contribution >= 4 is 39.4 Å². The summed E-state index contributed by atoms with van der Waals surface area (Å²) >= 11 is 0. The average Bonchev–Trinajstić information content (AvgIpc) is 2.73. The van der Waals surface area contributed by atoms with Crippen LogP contribution in [0.5, 0.6) is 0 Å². The van der Waals surface area contributed by atoms with Crippen molar-refractivity contribution in [2.24, 2.45) is 0 Å². The molecule has 0 spiro atoms. The van der Waals surface area contributed by atoms with E-state index in [-0.39, 0.29) is 5.56 Å². The quantitative estimate of drug-likeness (QED) is 0.549. The molecular weight excluding hydrogens is 354 g/mol. The molecule has 0 bridgehead atoms. The summed E-state index contributed by atoms with van der Waals surface area (Å²) in [6, 6.07) is 18.5. The zero-order chi connectivity index (χ0) is 19.5. The first-order chi connectivity index (χ1) is 13.6. The van der Waals surface area contributed by atoms with Gasteiger partial charge in [0.05, 0.1) is 11.1 Å². The van der Waals surface area contributed by atoms with E-state index in [9.17, 15) is 9.59 Å². The lowest BCUT2D eigenvalue weighted by atomic mass is 10.1. The third-order valence-electron chi connectivity index (χ3n) is 4.42. The zero-order valence-corrected chi connectivity index (χ0v) is 15.1. The number of fused-ring (bicyclic) bond motifs is 2. The fourth-order valence-electron chi connectivity index (χ4n) is 3.00. The lowest BCUT2D eigenvalue weighted by Crippen LogP contribution is -2.30. The Kier molecular flexibility index (Phi) is 4.68. The Morgan fingerprint density at radius 1 is 0.929 bits per heavy atom. The standard InChI is InChI=1S/C22H17N3O3/c1-14(21(26)25-18-10-4-7-15-6-2-3-8-16(15)18)28-22(27)17-9-5-11-19-20(17)24-13-12-23-19/h2-14H,1H3,(H,25,26). The van der Waals surface area contributed by atoms with Gasteiger partial charge in [-0.3, -0.25) is 14.8 Å². The molecule has 1 unspecified atom stereocenters. The Morgan fingerprint density at radius 3 is 2.57 bits per heavy atom. The van der Waals surface area contributed by atoms with Gasteiger partial charge in [-0.2, -0.15) is 0 Å². The van der Waals surface area contributed by atoms with Gasteiger partial charge in [-0.05, 0) is 30.5 Å². The lowest BCUT2D eigenvalue weighted by Gasteiger charge is -2.15. The van der Waals surface area contributed by atoms with E-state index >= 15 is 0 Å². The van der Waals surface area contributed by atoms with Crippen molar-refractivity contribution in [1.29, 1.82) is 0 Å².